The molecular formula is C30H38F2N8O3. The van der Waals surface area contributed by atoms with E-state index in [4.69, 9.17) is 19.8 Å². The second kappa shape index (κ2) is 11.7. The third kappa shape index (κ3) is 5.87. The molecule has 2 saturated heterocycles. The molecule has 2 aromatic heterocycles. The Kier molecular flexibility index (Phi) is 7.94. The number of aryl methyl sites for hydroxylation is 1. The van der Waals surface area contributed by atoms with Gasteiger partial charge in [-0.1, -0.05) is 6.08 Å². The van der Waals surface area contributed by atoms with E-state index >= 15 is 0 Å². The number of aromatic nitrogens is 4. The summed E-state index contributed by atoms with van der Waals surface area (Å²) in [5, 5.41) is 17.4. The number of carbonyl (C=O) groups is 1. The standard InChI is InChI=1S/C30H38F2N8O3/c1-19-13-24-23(15-33-36-24)27(20(19)2)40-7-6-22-25(16-40)34-29(43-17-21-14-30(31,32)18-37(21)3)35-28(22)39-10-8-38(9-11-39)26(42)5-4-12-41/h4-5,13,15,21,41H,6-12,14,16-18H2,1-3H3,(H,33,36)/b5-4+. The van der Waals surface area contributed by atoms with Gasteiger partial charge in [-0.2, -0.15) is 15.1 Å². The number of nitrogens with one attached hydrogen (secondary N) is 1. The minimum Gasteiger partial charge on any atom is -0.462 e. The van der Waals surface area contributed by atoms with Gasteiger partial charge in [0.15, 0.2) is 0 Å². The van der Waals surface area contributed by atoms with Gasteiger partial charge in [-0.15, -0.1) is 0 Å². The number of aliphatic hydroxyl groups excluding tert-OH is 1. The Morgan fingerprint density at radius 2 is 1.98 bits per heavy atom. The lowest BCUT2D eigenvalue weighted by Crippen LogP contribution is -2.49. The molecular weight excluding hydrogens is 558 g/mol. The number of likely N-dealkylation sites (tertiary alicyclic amines) is 1. The van der Waals surface area contributed by atoms with Gasteiger partial charge >= 0.3 is 6.01 Å². The fraction of sp³-hybridized carbons (Fsp3) is 0.533. The number of rotatable bonds is 7. The van der Waals surface area contributed by atoms with Crippen molar-refractivity contribution < 1.29 is 23.4 Å². The smallest absolute Gasteiger partial charge is 0.318 e. The predicted molar refractivity (Wildman–Crippen MR) is 159 cm³/mol. The molecule has 0 saturated carbocycles. The molecule has 2 N–H and O–H groups in total. The van der Waals surface area contributed by atoms with E-state index in [2.05, 4.69) is 39.9 Å². The van der Waals surface area contributed by atoms with Crippen LogP contribution in [0.5, 0.6) is 6.01 Å². The van der Waals surface area contributed by atoms with Crippen LogP contribution in [0.15, 0.2) is 24.4 Å². The number of fused-ring (bicyclic) bond motifs is 2. The van der Waals surface area contributed by atoms with Crippen molar-refractivity contribution in [2.24, 2.45) is 0 Å². The van der Waals surface area contributed by atoms with Crippen molar-refractivity contribution in [2.45, 2.75) is 45.2 Å². The molecule has 13 heteroatoms. The van der Waals surface area contributed by atoms with Crippen LogP contribution >= 0.6 is 0 Å². The van der Waals surface area contributed by atoms with E-state index in [1.165, 1.54) is 23.3 Å². The number of piperazine rings is 1. The van der Waals surface area contributed by atoms with E-state index in [-0.39, 0.29) is 38.1 Å². The number of anilines is 2. The van der Waals surface area contributed by atoms with E-state index in [0.717, 1.165) is 40.2 Å². The Morgan fingerprint density at radius 1 is 1.19 bits per heavy atom. The monoisotopic (exact) mass is 596 g/mol. The van der Waals surface area contributed by atoms with Gasteiger partial charge in [-0.25, -0.2) is 8.78 Å². The van der Waals surface area contributed by atoms with Gasteiger partial charge in [0.2, 0.25) is 5.91 Å². The van der Waals surface area contributed by atoms with Gasteiger partial charge in [0.25, 0.3) is 5.92 Å². The lowest BCUT2D eigenvalue weighted by molar-refractivity contribution is -0.126. The highest BCUT2D eigenvalue weighted by molar-refractivity contribution is 5.94. The Bertz CT molecular complexity index is 1540. The zero-order valence-electron chi connectivity index (χ0n) is 24.8. The molecule has 230 valence electrons. The maximum absolute atomic E-state index is 14.0. The Hall–Kier alpha value is -3.84. The van der Waals surface area contributed by atoms with Crippen LogP contribution in [-0.4, -0.2) is 112 Å². The number of aliphatic hydroxyl groups is 1. The quantitative estimate of drug-likeness (QED) is 0.397. The average molecular weight is 597 g/mol. The maximum Gasteiger partial charge on any atom is 0.318 e. The van der Waals surface area contributed by atoms with E-state index < -0.39 is 12.0 Å². The van der Waals surface area contributed by atoms with Crippen LogP contribution in [-0.2, 0) is 17.8 Å². The molecule has 11 nitrogen and oxygen atoms in total. The third-order valence-electron chi connectivity index (χ3n) is 8.87. The van der Waals surface area contributed by atoms with Gasteiger partial charge in [-0.05, 0) is 44.5 Å². The summed E-state index contributed by atoms with van der Waals surface area (Å²) in [7, 11) is 1.68. The molecule has 3 aromatic rings. The predicted octanol–water partition coefficient (Wildman–Crippen LogP) is 2.45. The molecule has 43 heavy (non-hydrogen) atoms. The summed E-state index contributed by atoms with van der Waals surface area (Å²) in [5.74, 6) is -2.09. The summed E-state index contributed by atoms with van der Waals surface area (Å²) in [4.78, 5) is 30.0. The van der Waals surface area contributed by atoms with Gasteiger partial charge in [0, 0.05) is 62.2 Å². The van der Waals surface area contributed by atoms with Crippen LogP contribution in [0.1, 0.15) is 28.8 Å². The molecule has 1 unspecified atom stereocenters. The van der Waals surface area contributed by atoms with E-state index in [1.807, 2.05) is 6.20 Å². The van der Waals surface area contributed by atoms with Crippen LogP contribution in [0.2, 0.25) is 0 Å². The first kappa shape index (κ1) is 29.2. The second-order valence-corrected chi connectivity index (χ2v) is 11.8. The minimum absolute atomic E-state index is 0.0696. The number of alkyl halides is 2. The van der Waals surface area contributed by atoms with Crippen LogP contribution < -0.4 is 14.5 Å². The van der Waals surface area contributed by atoms with Crippen LogP contribution in [0.3, 0.4) is 0 Å². The number of H-pyrrole nitrogens is 1. The van der Waals surface area contributed by atoms with Crippen molar-refractivity contribution >= 4 is 28.3 Å². The van der Waals surface area contributed by atoms with Crippen LogP contribution in [0.4, 0.5) is 20.3 Å². The molecule has 3 aliphatic rings. The highest BCUT2D eigenvalue weighted by Gasteiger charge is 2.43. The number of aromatic amines is 1. The number of nitrogens with zero attached hydrogens (tertiary/aromatic N) is 7. The molecule has 1 aromatic carbocycles. The molecule has 0 aliphatic carbocycles. The Balaban J connectivity index is 1.29. The number of benzene rings is 1. The number of halogens is 2. The normalized spacial score (nSPS) is 20.8. The first-order valence-corrected chi connectivity index (χ1v) is 14.7. The van der Waals surface area contributed by atoms with Crippen LogP contribution in [0, 0.1) is 13.8 Å². The van der Waals surface area contributed by atoms with Gasteiger partial charge < -0.3 is 24.5 Å². The number of ether oxygens (including phenoxy) is 1. The molecule has 5 heterocycles. The molecule has 6 rings (SSSR count). The SMILES string of the molecule is Cc1cc2[nH]ncc2c(N2CCc3c(nc(OCC4CC(F)(F)CN4C)nc3N3CCN(C(=O)/C=C/CO)CC3)C2)c1C. The number of carbonyl (C=O) groups excluding carboxylic acids is 1. The summed E-state index contributed by atoms with van der Waals surface area (Å²) in [6.45, 7) is 7.30. The molecule has 0 radical (unpaired) electrons. The van der Waals surface area contributed by atoms with Crippen molar-refractivity contribution in [3.05, 3.63) is 46.8 Å². The number of hydrogen-bond donors (Lipinski definition) is 2. The minimum atomic E-state index is -2.74. The van der Waals surface area contributed by atoms with Gasteiger partial charge in [-0.3, -0.25) is 14.8 Å². The van der Waals surface area contributed by atoms with Crippen molar-refractivity contribution in [2.75, 3.05) is 69.3 Å². The van der Waals surface area contributed by atoms with Crippen molar-refractivity contribution in [1.82, 2.24) is 30.0 Å². The average Bonchev–Trinajstić information content (AvgIpc) is 3.56. The van der Waals surface area contributed by atoms with Crippen molar-refractivity contribution in [3.63, 3.8) is 0 Å². The largest absolute Gasteiger partial charge is 0.462 e. The summed E-state index contributed by atoms with van der Waals surface area (Å²) < 4.78 is 34.1. The zero-order chi connectivity index (χ0) is 30.3. The topological polar surface area (TPSA) is 114 Å². The first-order valence-electron chi connectivity index (χ1n) is 14.7. The second-order valence-electron chi connectivity index (χ2n) is 11.8. The summed E-state index contributed by atoms with van der Waals surface area (Å²) in [5.41, 5.74) is 6.35. The lowest BCUT2D eigenvalue weighted by atomic mass is 9.99. The number of hydrogen-bond acceptors (Lipinski definition) is 9. The highest BCUT2D eigenvalue weighted by Crippen LogP contribution is 2.37. The lowest BCUT2D eigenvalue weighted by Gasteiger charge is -2.38. The third-order valence-corrected chi connectivity index (χ3v) is 8.87. The maximum atomic E-state index is 14.0. The fourth-order valence-corrected chi connectivity index (χ4v) is 6.43. The number of likely N-dealkylation sites (N-methyl/N-ethyl adjacent to an activating group) is 1. The van der Waals surface area contributed by atoms with E-state index in [0.29, 0.717) is 39.1 Å². The summed E-state index contributed by atoms with van der Waals surface area (Å²) in [6.07, 6.45) is 5.15. The van der Waals surface area contributed by atoms with Gasteiger partial charge in [0.05, 0.1) is 42.8 Å². The summed E-state index contributed by atoms with van der Waals surface area (Å²) in [6, 6.07) is 1.86. The first-order chi connectivity index (χ1) is 20.6. The zero-order valence-corrected chi connectivity index (χ0v) is 24.8. The Morgan fingerprint density at radius 3 is 2.70 bits per heavy atom. The molecule has 0 spiro atoms. The fourth-order valence-electron chi connectivity index (χ4n) is 6.43. The molecule has 0 bridgehead atoms. The van der Waals surface area contributed by atoms with Crippen molar-refractivity contribution in [3.8, 4) is 6.01 Å². The summed E-state index contributed by atoms with van der Waals surface area (Å²) >= 11 is 0. The van der Waals surface area contributed by atoms with E-state index in [1.54, 1.807) is 16.8 Å². The molecule has 3 aliphatic heterocycles. The molecule has 1 amide bonds. The number of amides is 1. The highest BCUT2D eigenvalue weighted by atomic mass is 19.3. The molecule has 1 atom stereocenters. The van der Waals surface area contributed by atoms with Crippen LogP contribution in [0.25, 0.3) is 10.9 Å². The Labute approximate surface area is 249 Å². The molecule has 2 fully saturated rings. The van der Waals surface area contributed by atoms with E-state index in [9.17, 15) is 13.6 Å². The van der Waals surface area contributed by atoms with Gasteiger partial charge in [0.1, 0.15) is 12.4 Å². The van der Waals surface area contributed by atoms with Crippen molar-refractivity contribution in [1.29, 1.82) is 0 Å².